The first kappa shape index (κ1) is 15.8. The molecule has 0 atom stereocenters. The molecule has 0 radical (unpaired) electrons. The number of benzene rings is 2. The van der Waals surface area contributed by atoms with Crippen molar-refractivity contribution < 1.29 is 18.7 Å². The van der Waals surface area contributed by atoms with E-state index in [0.29, 0.717) is 29.2 Å². The summed E-state index contributed by atoms with van der Waals surface area (Å²) >= 11 is 0. The number of methoxy groups -OCH3 is 2. The van der Waals surface area contributed by atoms with Crippen molar-refractivity contribution in [3.63, 3.8) is 0 Å². The Hall–Kier alpha value is -2.56. The van der Waals surface area contributed by atoms with Crippen LogP contribution in [-0.4, -0.2) is 20.1 Å². The van der Waals surface area contributed by atoms with Crippen LogP contribution in [0.4, 0.5) is 10.1 Å². The molecule has 0 fully saturated rings. The van der Waals surface area contributed by atoms with Crippen molar-refractivity contribution in [1.82, 2.24) is 0 Å². The summed E-state index contributed by atoms with van der Waals surface area (Å²) in [4.78, 5) is 12.0. The minimum Gasteiger partial charge on any atom is -0.497 e. The summed E-state index contributed by atoms with van der Waals surface area (Å²) in [6.07, 6.45) is 0.542. The molecule has 116 valence electrons. The highest BCUT2D eigenvalue weighted by Crippen LogP contribution is 2.25. The zero-order valence-electron chi connectivity index (χ0n) is 12.6. The Morgan fingerprint density at radius 3 is 2.32 bits per heavy atom. The summed E-state index contributed by atoms with van der Waals surface area (Å²) < 4.78 is 23.8. The van der Waals surface area contributed by atoms with E-state index in [1.54, 1.807) is 50.6 Å². The maximum Gasteiger partial charge on any atom is 0.224 e. The zero-order valence-corrected chi connectivity index (χ0v) is 12.6. The molecule has 0 spiro atoms. The van der Waals surface area contributed by atoms with E-state index in [2.05, 4.69) is 5.32 Å². The van der Waals surface area contributed by atoms with Gasteiger partial charge in [0, 0.05) is 30.3 Å². The molecule has 0 saturated heterocycles. The number of carbonyl (C=O) groups excluding carboxylic acids is 1. The number of halogens is 1. The summed E-state index contributed by atoms with van der Waals surface area (Å²) in [5.74, 6) is 0.685. The van der Waals surface area contributed by atoms with Gasteiger partial charge in [-0.1, -0.05) is 18.2 Å². The predicted molar refractivity (Wildman–Crippen MR) is 82.9 cm³/mol. The molecule has 5 heteroatoms. The molecule has 4 nitrogen and oxygen atoms in total. The second-order valence-electron chi connectivity index (χ2n) is 4.74. The third kappa shape index (κ3) is 4.22. The lowest BCUT2D eigenvalue weighted by Gasteiger charge is -2.10. The lowest BCUT2D eigenvalue weighted by molar-refractivity contribution is -0.116. The quantitative estimate of drug-likeness (QED) is 0.889. The Labute approximate surface area is 128 Å². The number of nitrogens with one attached hydrogen (secondary N) is 1. The fourth-order valence-electron chi connectivity index (χ4n) is 2.05. The van der Waals surface area contributed by atoms with E-state index in [1.807, 2.05) is 0 Å². The first-order valence-electron chi connectivity index (χ1n) is 6.88. The first-order chi connectivity index (χ1) is 10.6. The van der Waals surface area contributed by atoms with Crippen LogP contribution in [0, 0.1) is 5.82 Å². The number of hydrogen-bond acceptors (Lipinski definition) is 3. The first-order valence-corrected chi connectivity index (χ1v) is 6.88. The predicted octanol–water partition coefficient (Wildman–Crippen LogP) is 3.41. The second kappa shape index (κ2) is 7.45. The van der Waals surface area contributed by atoms with Gasteiger partial charge in [-0.05, 0) is 18.1 Å². The van der Waals surface area contributed by atoms with Crippen LogP contribution in [0.3, 0.4) is 0 Å². The van der Waals surface area contributed by atoms with Gasteiger partial charge in [0.25, 0.3) is 0 Å². The van der Waals surface area contributed by atoms with E-state index in [-0.39, 0.29) is 18.1 Å². The van der Waals surface area contributed by atoms with Crippen LogP contribution in [0.1, 0.15) is 12.0 Å². The average Bonchev–Trinajstić information content (AvgIpc) is 2.53. The molecule has 0 aromatic heterocycles. The molecule has 22 heavy (non-hydrogen) atoms. The van der Waals surface area contributed by atoms with Crippen molar-refractivity contribution in [2.24, 2.45) is 0 Å². The lowest BCUT2D eigenvalue weighted by atomic mass is 10.1. The normalized spacial score (nSPS) is 10.1. The molecule has 1 amide bonds. The molecule has 0 heterocycles. The SMILES string of the molecule is COc1cc(NC(=O)CCc2ccccc2F)cc(OC)c1. The van der Waals surface area contributed by atoms with Gasteiger partial charge in [0.05, 0.1) is 14.2 Å². The van der Waals surface area contributed by atoms with Gasteiger partial charge >= 0.3 is 0 Å². The zero-order chi connectivity index (χ0) is 15.9. The van der Waals surface area contributed by atoms with Gasteiger partial charge in [-0.15, -0.1) is 0 Å². The largest absolute Gasteiger partial charge is 0.497 e. The van der Waals surface area contributed by atoms with Crippen LogP contribution in [0.5, 0.6) is 11.5 Å². The molecule has 2 aromatic rings. The number of amides is 1. The minimum absolute atomic E-state index is 0.195. The van der Waals surface area contributed by atoms with E-state index in [0.717, 1.165) is 0 Å². The van der Waals surface area contributed by atoms with Crippen molar-refractivity contribution in [1.29, 1.82) is 0 Å². The number of aryl methyl sites for hydroxylation is 1. The Bertz CT molecular complexity index is 636. The van der Waals surface area contributed by atoms with Crippen molar-refractivity contribution in [3.05, 3.63) is 53.8 Å². The third-order valence-corrected chi connectivity index (χ3v) is 3.21. The number of hydrogen-bond donors (Lipinski definition) is 1. The number of ether oxygens (including phenoxy) is 2. The van der Waals surface area contributed by atoms with E-state index in [1.165, 1.54) is 6.07 Å². The number of carbonyl (C=O) groups is 1. The maximum absolute atomic E-state index is 13.5. The number of rotatable bonds is 6. The molecule has 2 aromatic carbocycles. The van der Waals surface area contributed by atoms with E-state index >= 15 is 0 Å². The molecule has 0 aliphatic carbocycles. The van der Waals surface area contributed by atoms with Crippen molar-refractivity contribution in [3.8, 4) is 11.5 Å². The van der Waals surface area contributed by atoms with E-state index in [9.17, 15) is 9.18 Å². The van der Waals surface area contributed by atoms with Gasteiger partial charge in [0.2, 0.25) is 5.91 Å². The van der Waals surface area contributed by atoms with E-state index < -0.39 is 0 Å². The summed E-state index contributed by atoms with van der Waals surface area (Å²) in [7, 11) is 3.08. The summed E-state index contributed by atoms with van der Waals surface area (Å²) in [5, 5.41) is 2.76. The molecule has 0 unspecified atom stereocenters. The standard InChI is InChI=1S/C17H18FNO3/c1-21-14-9-13(10-15(11-14)22-2)19-17(20)8-7-12-5-3-4-6-16(12)18/h3-6,9-11H,7-8H2,1-2H3,(H,19,20). The Kier molecular flexibility index (Phi) is 5.36. The van der Waals surface area contributed by atoms with Gasteiger partial charge in [0.15, 0.2) is 0 Å². The molecular weight excluding hydrogens is 285 g/mol. The summed E-state index contributed by atoms with van der Waals surface area (Å²) in [6, 6.07) is 11.6. The van der Waals surface area contributed by atoms with Crippen molar-refractivity contribution in [2.45, 2.75) is 12.8 Å². The van der Waals surface area contributed by atoms with Crippen LogP contribution >= 0.6 is 0 Å². The van der Waals surface area contributed by atoms with Gasteiger partial charge in [-0.3, -0.25) is 4.79 Å². The molecule has 0 saturated carbocycles. The maximum atomic E-state index is 13.5. The Morgan fingerprint density at radius 1 is 1.09 bits per heavy atom. The van der Waals surface area contributed by atoms with Crippen LogP contribution in [0.25, 0.3) is 0 Å². The van der Waals surface area contributed by atoms with Gasteiger partial charge in [-0.2, -0.15) is 0 Å². The Morgan fingerprint density at radius 2 is 1.73 bits per heavy atom. The van der Waals surface area contributed by atoms with Gasteiger partial charge in [0.1, 0.15) is 17.3 Å². The van der Waals surface area contributed by atoms with Crippen molar-refractivity contribution in [2.75, 3.05) is 19.5 Å². The molecule has 0 aliphatic heterocycles. The number of anilines is 1. The molecule has 2 rings (SSSR count). The fourth-order valence-corrected chi connectivity index (χ4v) is 2.05. The van der Waals surface area contributed by atoms with Crippen molar-refractivity contribution >= 4 is 11.6 Å². The molecule has 1 N–H and O–H groups in total. The summed E-state index contributed by atoms with van der Waals surface area (Å²) in [6.45, 7) is 0. The molecule has 0 aliphatic rings. The van der Waals surface area contributed by atoms with E-state index in [4.69, 9.17) is 9.47 Å². The minimum atomic E-state index is -0.293. The lowest BCUT2D eigenvalue weighted by Crippen LogP contribution is -2.12. The summed E-state index contributed by atoms with van der Waals surface area (Å²) in [5.41, 5.74) is 1.11. The smallest absolute Gasteiger partial charge is 0.224 e. The van der Waals surface area contributed by atoms with Gasteiger partial charge in [-0.25, -0.2) is 4.39 Å². The second-order valence-corrected chi connectivity index (χ2v) is 4.74. The fraction of sp³-hybridized carbons (Fsp3) is 0.235. The van der Waals surface area contributed by atoms with Crippen LogP contribution in [-0.2, 0) is 11.2 Å². The third-order valence-electron chi connectivity index (χ3n) is 3.21. The molecule has 0 bridgehead atoms. The van der Waals surface area contributed by atoms with Crippen LogP contribution in [0.15, 0.2) is 42.5 Å². The highest BCUT2D eigenvalue weighted by atomic mass is 19.1. The topological polar surface area (TPSA) is 47.6 Å². The van der Waals surface area contributed by atoms with Crippen LogP contribution < -0.4 is 14.8 Å². The highest BCUT2D eigenvalue weighted by molar-refractivity contribution is 5.91. The molecular formula is C17H18FNO3. The highest BCUT2D eigenvalue weighted by Gasteiger charge is 2.08. The van der Waals surface area contributed by atoms with Gasteiger partial charge < -0.3 is 14.8 Å². The monoisotopic (exact) mass is 303 g/mol. The Balaban J connectivity index is 1.98. The van der Waals surface area contributed by atoms with Crippen LogP contribution in [0.2, 0.25) is 0 Å². The average molecular weight is 303 g/mol.